The summed E-state index contributed by atoms with van der Waals surface area (Å²) in [6.07, 6.45) is 4.34. The van der Waals surface area contributed by atoms with E-state index in [1.807, 2.05) is 27.7 Å². The number of hydrogen-bond acceptors (Lipinski definition) is 0. The highest BCUT2D eigenvalue weighted by Crippen LogP contribution is 2.38. The van der Waals surface area contributed by atoms with E-state index in [2.05, 4.69) is 27.7 Å². The Morgan fingerprint density at radius 1 is 0.800 bits per heavy atom. The predicted octanol–water partition coefficient (Wildman–Crippen LogP) is 5.77. The molecule has 1 aliphatic carbocycles. The first-order valence-corrected chi connectivity index (χ1v) is 7.15. The molecule has 1 aliphatic rings. The van der Waals surface area contributed by atoms with Crippen LogP contribution >= 0.6 is 0 Å². The predicted molar refractivity (Wildman–Crippen MR) is 73.2 cm³/mol. The van der Waals surface area contributed by atoms with Crippen molar-refractivity contribution in [3.63, 3.8) is 0 Å². The fourth-order valence-electron chi connectivity index (χ4n) is 2.47. The third-order valence-electron chi connectivity index (χ3n) is 3.78. The summed E-state index contributed by atoms with van der Waals surface area (Å²) in [7, 11) is 0. The van der Waals surface area contributed by atoms with Gasteiger partial charge < -0.3 is 0 Å². The molecular formula is C15H34. The second-order valence-corrected chi connectivity index (χ2v) is 4.56. The molecule has 0 heterocycles. The quantitative estimate of drug-likeness (QED) is 0.520. The molecular weight excluding hydrogens is 180 g/mol. The zero-order chi connectivity index (χ0) is 12.4. The van der Waals surface area contributed by atoms with E-state index in [-0.39, 0.29) is 0 Å². The summed E-state index contributed by atoms with van der Waals surface area (Å²) in [5.41, 5.74) is 0. The lowest BCUT2D eigenvalue weighted by Crippen LogP contribution is -2.27. The molecule has 2 atom stereocenters. The van der Waals surface area contributed by atoms with Crippen LogP contribution in [0.25, 0.3) is 0 Å². The molecule has 0 radical (unpaired) electrons. The molecule has 0 heteroatoms. The third-order valence-corrected chi connectivity index (χ3v) is 3.78. The Kier molecular flexibility index (Phi) is 12.2. The van der Waals surface area contributed by atoms with E-state index in [0.29, 0.717) is 0 Å². The van der Waals surface area contributed by atoms with Crippen LogP contribution in [0.4, 0.5) is 0 Å². The van der Waals surface area contributed by atoms with Crippen LogP contribution in [0.3, 0.4) is 0 Å². The van der Waals surface area contributed by atoms with Gasteiger partial charge in [0, 0.05) is 0 Å². The molecule has 0 amide bonds. The smallest absolute Gasteiger partial charge is 0.0391 e. The Morgan fingerprint density at radius 3 is 1.40 bits per heavy atom. The first kappa shape index (κ1) is 17.4. The summed E-state index contributed by atoms with van der Waals surface area (Å²) >= 11 is 0. The van der Waals surface area contributed by atoms with E-state index in [0.717, 1.165) is 23.7 Å². The Balaban J connectivity index is 0. The zero-order valence-electron chi connectivity index (χ0n) is 12.4. The summed E-state index contributed by atoms with van der Waals surface area (Å²) in [5, 5.41) is 0. The van der Waals surface area contributed by atoms with E-state index in [1.165, 1.54) is 19.3 Å². The first-order chi connectivity index (χ1) is 7.15. The van der Waals surface area contributed by atoms with Crippen LogP contribution < -0.4 is 0 Å². The van der Waals surface area contributed by atoms with Crippen molar-refractivity contribution in [1.82, 2.24) is 0 Å². The van der Waals surface area contributed by atoms with Crippen molar-refractivity contribution in [2.24, 2.45) is 23.7 Å². The zero-order valence-corrected chi connectivity index (χ0v) is 12.4. The Labute approximate surface area is 98.9 Å². The lowest BCUT2D eigenvalue weighted by Gasteiger charge is -2.36. The van der Waals surface area contributed by atoms with Crippen molar-refractivity contribution < 1.29 is 0 Å². The molecule has 0 saturated heterocycles. The average Bonchev–Trinajstić information content (AvgIpc) is 2.30. The van der Waals surface area contributed by atoms with Crippen molar-refractivity contribution in [2.45, 2.75) is 74.7 Å². The maximum Gasteiger partial charge on any atom is -0.0391 e. The minimum Gasteiger partial charge on any atom is -0.0683 e. The fraction of sp³-hybridized carbons (Fsp3) is 1.00. The second-order valence-electron chi connectivity index (χ2n) is 4.56. The van der Waals surface area contributed by atoms with Gasteiger partial charge in [0.1, 0.15) is 0 Å². The topological polar surface area (TPSA) is 0 Å². The molecule has 2 unspecified atom stereocenters. The van der Waals surface area contributed by atoms with Crippen molar-refractivity contribution in [3.8, 4) is 0 Å². The standard InChI is InChI=1S/C11H22.2C2H6/c1-5-11-6-8(2)10(4)9(3)7-11;2*1-2/h8-11H,5-7H2,1-4H3;2*1-2H3. The SMILES string of the molecule is CC.CC.CCC1CC(C)C(C)C(C)C1. The first-order valence-electron chi connectivity index (χ1n) is 7.15. The van der Waals surface area contributed by atoms with E-state index < -0.39 is 0 Å². The second kappa shape index (κ2) is 10.5. The molecule has 94 valence electrons. The molecule has 1 fully saturated rings. The van der Waals surface area contributed by atoms with Crippen LogP contribution in [-0.4, -0.2) is 0 Å². The fourth-order valence-corrected chi connectivity index (χ4v) is 2.47. The number of rotatable bonds is 1. The molecule has 0 aliphatic heterocycles. The highest BCUT2D eigenvalue weighted by molar-refractivity contribution is 4.79. The molecule has 0 spiro atoms. The molecule has 0 bridgehead atoms. The summed E-state index contributed by atoms with van der Waals surface area (Å²) in [5.74, 6) is 3.90. The van der Waals surface area contributed by atoms with Crippen LogP contribution in [0.15, 0.2) is 0 Å². The van der Waals surface area contributed by atoms with E-state index in [4.69, 9.17) is 0 Å². The Hall–Kier alpha value is 0. The van der Waals surface area contributed by atoms with Gasteiger partial charge in [-0.3, -0.25) is 0 Å². The highest BCUT2D eigenvalue weighted by atomic mass is 14.3. The minimum absolute atomic E-state index is 0.956. The van der Waals surface area contributed by atoms with Crippen molar-refractivity contribution in [2.75, 3.05) is 0 Å². The maximum atomic E-state index is 2.42. The van der Waals surface area contributed by atoms with E-state index in [9.17, 15) is 0 Å². The molecule has 0 nitrogen and oxygen atoms in total. The molecule has 0 N–H and O–H groups in total. The Morgan fingerprint density at radius 2 is 1.13 bits per heavy atom. The average molecular weight is 214 g/mol. The molecule has 15 heavy (non-hydrogen) atoms. The van der Waals surface area contributed by atoms with Gasteiger partial charge in [-0.05, 0) is 36.5 Å². The molecule has 1 rings (SSSR count). The van der Waals surface area contributed by atoms with Crippen molar-refractivity contribution in [3.05, 3.63) is 0 Å². The monoisotopic (exact) mass is 214 g/mol. The van der Waals surface area contributed by atoms with Crippen LogP contribution in [-0.2, 0) is 0 Å². The summed E-state index contributed by atoms with van der Waals surface area (Å²) in [4.78, 5) is 0. The normalized spacial score (nSPS) is 34.4. The van der Waals surface area contributed by atoms with Gasteiger partial charge in [0.15, 0.2) is 0 Å². The largest absolute Gasteiger partial charge is 0.0683 e. The number of hydrogen-bond donors (Lipinski definition) is 0. The van der Waals surface area contributed by atoms with Crippen molar-refractivity contribution in [1.29, 1.82) is 0 Å². The molecule has 0 aromatic carbocycles. The molecule has 0 aromatic rings. The van der Waals surface area contributed by atoms with Gasteiger partial charge in [-0.25, -0.2) is 0 Å². The van der Waals surface area contributed by atoms with Gasteiger partial charge in [0.05, 0.1) is 0 Å². The summed E-state index contributed by atoms with van der Waals surface area (Å²) in [6, 6.07) is 0. The van der Waals surface area contributed by atoms with Crippen LogP contribution in [0, 0.1) is 23.7 Å². The maximum absolute atomic E-state index is 2.42. The Bertz CT molecular complexity index is 105. The molecule has 0 aromatic heterocycles. The van der Waals surface area contributed by atoms with Gasteiger partial charge in [-0.1, -0.05) is 61.8 Å². The van der Waals surface area contributed by atoms with E-state index >= 15 is 0 Å². The van der Waals surface area contributed by atoms with Gasteiger partial charge in [-0.2, -0.15) is 0 Å². The van der Waals surface area contributed by atoms with Gasteiger partial charge >= 0.3 is 0 Å². The van der Waals surface area contributed by atoms with E-state index in [1.54, 1.807) is 0 Å². The van der Waals surface area contributed by atoms with Crippen LogP contribution in [0.2, 0.25) is 0 Å². The van der Waals surface area contributed by atoms with Gasteiger partial charge in [0.2, 0.25) is 0 Å². The minimum atomic E-state index is 0.956. The molecule has 1 saturated carbocycles. The van der Waals surface area contributed by atoms with Crippen LogP contribution in [0.1, 0.15) is 74.7 Å². The van der Waals surface area contributed by atoms with Gasteiger partial charge in [0.25, 0.3) is 0 Å². The highest BCUT2D eigenvalue weighted by Gasteiger charge is 2.28. The third kappa shape index (κ3) is 6.22. The van der Waals surface area contributed by atoms with Crippen molar-refractivity contribution >= 4 is 0 Å². The lowest BCUT2D eigenvalue weighted by atomic mass is 9.69. The van der Waals surface area contributed by atoms with Crippen LogP contribution in [0.5, 0.6) is 0 Å². The summed E-state index contributed by atoms with van der Waals surface area (Å²) in [6.45, 7) is 17.6. The van der Waals surface area contributed by atoms with Gasteiger partial charge in [-0.15, -0.1) is 0 Å². The lowest BCUT2D eigenvalue weighted by molar-refractivity contribution is 0.139. The summed E-state index contributed by atoms with van der Waals surface area (Å²) < 4.78 is 0.